The van der Waals surface area contributed by atoms with Crippen LogP contribution in [-0.2, 0) is 20.9 Å². The Kier molecular flexibility index (Phi) is 9.37. The van der Waals surface area contributed by atoms with Crippen LogP contribution in [-0.4, -0.2) is 29.0 Å². The zero-order chi connectivity index (χ0) is 34.5. The van der Waals surface area contributed by atoms with Gasteiger partial charge in [-0.3, -0.25) is 14.4 Å². The van der Waals surface area contributed by atoms with E-state index in [0.717, 1.165) is 63.3 Å². The van der Waals surface area contributed by atoms with Crippen molar-refractivity contribution in [1.29, 1.82) is 0 Å². The van der Waals surface area contributed by atoms with Crippen LogP contribution < -0.4 is 10.1 Å². The predicted octanol–water partition coefficient (Wildman–Crippen LogP) is 9.73. The molecule has 0 unspecified atom stereocenters. The number of Topliss-reactive ketones (excluding diaryl/α,β-unsaturated/α-hetero) is 2. The molecule has 0 bridgehead atoms. The van der Waals surface area contributed by atoms with E-state index in [9.17, 15) is 14.4 Å². The normalized spacial score (nSPS) is 18.9. The highest BCUT2D eigenvalue weighted by atomic mass is 79.9. The summed E-state index contributed by atoms with van der Waals surface area (Å²) in [5.41, 5.74) is 7.81. The van der Waals surface area contributed by atoms with Gasteiger partial charge in [-0.15, -0.1) is 0 Å². The van der Waals surface area contributed by atoms with Gasteiger partial charge in [0.25, 0.3) is 5.91 Å². The Morgan fingerprint density at radius 3 is 1.96 bits per heavy atom. The number of hydrogen-bond acceptors (Lipinski definition) is 5. The standard InChI is InChI=1S/C40H42Br2N2O4/c1-23-12-13-24(2)29(14-23)43-34(47)22-48-38-27(41)15-26(16-28(38)42)35-36-30(17-39(3,4)19-32(36)45)44(21-25-10-8-7-9-11-25)31-18-40(5,6)20-33(46)37(31)35/h7-16,35H,17-22H2,1-6H3,(H,43,47). The van der Waals surface area contributed by atoms with E-state index in [1.807, 2.05) is 62.4 Å². The zero-order valence-corrected chi connectivity index (χ0v) is 31.6. The van der Waals surface area contributed by atoms with Crippen molar-refractivity contribution < 1.29 is 19.1 Å². The molecule has 2 aliphatic carbocycles. The van der Waals surface area contributed by atoms with Gasteiger partial charge in [-0.05, 0) is 110 Å². The minimum absolute atomic E-state index is 0.0872. The maximum atomic E-state index is 14.2. The van der Waals surface area contributed by atoms with Crippen molar-refractivity contribution in [3.63, 3.8) is 0 Å². The molecule has 0 radical (unpaired) electrons. The molecule has 6 nitrogen and oxygen atoms in total. The highest BCUT2D eigenvalue weighted by Crippen LogP contribution is 2.55. The Morgan fingerprint density at radius 1 is 0.833 bits per heavy atom. The summed E-state index contributed by atoms with van der Waals surface area (Å²) >= 11 is 7.40. The molecule has 0 saturated carbocycles. The number of amides is 1. The number of nitrogens with one attached hydrogen (secondary N) is 1. The average molecular weight is 775 g/mol. The van der Waals surface area contributed by atoms with Gasteiger partial charge in [0.1, 0.15) is 5.75 Å². The second kappa shape index (κ2) is 13.1. The van der Waals surface area contributed by atoms with Crippen molar-refractivity contribution in [3.05, 3.63) is 114 Å². The van der Waals surface area contributed by atoms with E-state index >= 15 is 0 Å². The second-order valence-electron chi connectivity index (χ2n) is 15.1. The van der Waals surface area contributed by atoms with Crippen LogP contribution in [0.1, 0.15) is 81.5 Å². The number of allylic oxidation sites excluding steroid dienone is 4. The number of nitrogens with zero attached hydrogens (tertiary/aromatic N) is 1. The average Bonchev–Trinajstić information content (AvgIpc) is 2.98. The first kappa shape index (κ1) is 34.4. The summed E-state index contributed by atoms with van der Waals surface area (Å²) in [5.74, 6) is -0.114. The van der Waals surface area contributed by atoms with Crippen LogP contribution in [0.5, 0.6) is 5.75 Å². The Hall–Kier alpha value is -3.49. The molecule has 0 saturated heterocycles. The second-order valence-corrected chi connectivity index (χ2v) is 16.8. The number of benzene rings is 3. The van der Waals surface area contributed by atoms with Crippen molar-refractivity contribution in [1.82, 2.24) is 4.90 Å². The third-order valence-electron chi connectivity index (χ3n) is 9.57. The molecule has 0 atom stereocenters. The first-order valence-corrected chi connectivity index (χ1v) is 18.0. The molecular formula is C40H42Br2N2O4. The van der Waals surface area contributed by atoms with Crippen LogP contribution in [0, 0.1) is 24.7 Å². The lowest BCUT2D eigenvalue weighted by molar-refractivity contribution is -0.120. The van der Waals surface area contributed by atoms with E-state index in [0.29, 0.717) is 34.1 Å². The summed E-state index contributed by atoms with van der Waals surface area (Å²) in [6, 6.07) is 20.1. The van der Waals surface area contributed by atoms with Crippen LogP contribution in [0.4, 0.5) is 5.69 Å². The summed E-state index contributed by atoms with van der Waals surface area (Å²) in [5, 5.41) is 2.94. The van der Waals surface area contributed by atoms with Gasteiger partial charge in [0.2, 0.25) is 0 Å². The fourth-order valence-corrected chi connectivity index (χ4v) is 8.87. The van der Waals surface area contributed by atoms with Crippen molar-refractivity contribution >= 4 is 55.0 Å². The fourth-order valence-electron chi connectivity index (χ4n) is 7.42. The smallest absolute Gasteiger partial charge is 0.262 e. The van der Waals surface area contributed by atoms with E-state index in [1.165, 1.54) is 0 Å². The first-order chi connectivity index (χ1) is 22.6. The van der Waals surface area contributed by atoms with E-state index in [2.05, 4.69) is 81.9 Å². The molecule has 48 heavy (non-hydrogen) atoms. The maximum absolute atomic E-state index is 14.2. The molecular weight excluding hydrogens is 732 g/mol. The number of aryl methyl sites for hydroxylation is 2. The lowest BCUT2D eigenvalue weighted by atomic mass is 9.63. The topological polar surface area (TPSA) is 75.7 Å². The van der Waals surface area contributed by atoms with Gasteiger partial charge in [0, 0.05) is 53.5 Å². The predicted molar refractivity (Wildman–Crippen MR) is 197 cm³/mol. The van der Waals surface area contributed by atoms with Crippen LogP contribution in [0.25, 0.3) is 0 Å². The lowest BCUT2D eigenvalue weighted by Crippen LogP contribution is -2.44. The van der Waals surface area contributed by atoms with Crippen molar-refractivity contribution in [3.8, 4) is 5.75 Å². The molecule has 0 aromatic heterocycles. The number of anilines is 1. The molecule has 250 valence electrons. The van der Waals surface area contributed by atoms with Gasteiger partial charge in [-0.2, -0.15) is 0 Å². The number of rotatable bonds is 7. The molecule has 1 heterocycles. The summed E-state index contributed by atoms with van der Waals surface area (Å²) in [7, 11) is 0. The Bertz CT molecular complexity index is 1810. The van der Waals surface area contributed by atoms with Crippen molar-refractivity contribution in [2.75, 3.05) is 11.9 Å². The molecule has 6 rings (SSSR count). The third-order valence-corrected chi connectivity index (χ3v) is 10.8. The van der Waals surface area contributed by atoms with E-state index < -0.39 is 5.92 Å². The monoisotopic (exact) mass is 772 g/mol. The van der Waals surface area contributed by atoms with Gasteiger partial charge >= 0.3 is 0 Å². The molecule has 1 aliphatic heterocycles. The van der Waals surface area contributed by atoms with Gasteiger partial charge in [-0.1, -0.05) is 70.2 Å². The number of ketones is 2. The molecule has 3 aliphatic rings. The maximum Gasteiger partial charge on any atom is 0.262 e. The van der Waals surface area contributed by atoms with Gasteiger partial charge < -0.3 is 15.0 Å². The SMILES string of the molecule is Cc1ccc(C)c(NC(=O)COc2c(Br)cc(C3C4=C(CC(C)(C)CC4=O)N(Cc4ccccc4)C4=C3C(=O)CC(C)(C)C4)cc2Br)c1. The van der Waals surface area contributed by atoms with Crippen LogP contribution in [0.2, 0.25) is 0 Å². The van der Waals surface area contributed by atoms with E-state index in [4.69, 9.17) is 4.74 Å². The van der Waals surface area contributed by atoms with Gasteiger partial charge in [-0.25, -0.2) is 0 Å². The van der Waals surface area contributed by atoms with E-state index in [-0.39, 0.29) is 34.9 Å². The summed E-state index contributed by atoms with van der Waals surface area (Å²) in [4.78, 5) is 43.6. The Morgan fingerprint density at radius 2 is 1.40 bits per heavy atom. The largest absolute Gasteiger partial charge is 0.481 e. The quantitative estimate of drug-likeness (QED) is 0.259. The van der Waals surface area contributed by atoms with Crippen molar-refractivity contribution in [2.45, 2.75) is 79.7 Å². The Balaban J connectivity index is 1.40. The molecule has 0 spiro atoms. The number of carbonyl (C=O) groups excluding carboxylic acids is 3. The summed E-state index contributed by atoms with van der Waals surface area (Å²) in [6.45, 7) is 13.0. The fraction of sp³-hybridized carbons (Fsp3) is 0.375. The van der Waals surface area contributed by atoms with Crippen LogP contribution in [0.15, 0.2) is 92.1 Å². The van der Waals surface area contributed by atoms with Crippen molar-refractivity contribution in [2.24, 2.45) is 10.8 Å². The number of ether oxygens (including phenoxy) is 1. The van der Waals surface area contributed by atoms with Gasteiger partial charge in [0.05, 0.1) is 8.95 Å². The zero-order valence-electron chi connectivity index (χ0n) is 28.4. The lowest BCUT2D eigenvalue weighted by Gasteiger charge is -2.49. The highest BCUT2D eigenvalue weighted by Gasteiger charge is 2.49. The third kappa shape index (κ3) is 6.97. The van der Waals surface area contributed by atoms with Crippen LogP contribution >= 0.6 is 31.9 Å². The number of halogens is 2. The molecule has 0 fully saturated rings. The molecule has 8 heteroatoms. The summed E-state index contributed by atoms with van der Waals surface area (Å²) < 4.78 is 7.30. The highest BCUT2D eigenvalue weighted by molar-refractivity contribution is 9.11. The number of hydrogen-bond donors (Lipinski definition) is 1. The molecule has 3 aromatic rings. The molecule has 1 amide bonds. The molecule has 1 N–H and O–H groups in total. The molecule has 3 aromatic carbocycles. The summed E-state index contributed by atoms with van der Waals surface area (Å²) in [6.07, 6.45) is 2.31. The van der Waals surface area contributed by atoms with Gasteiger partial charge in [0.15, 0.2) is 18.2 Å². The number of carbonyl (C=O) groups is 3. The minimum Gasteiger partial charge on any atom is -0.481 e. The first-order valence-electron chi connectivity index (χ1n) is 16.5. The minimum atomic E-state index is -0.497. The Labute approximate surface area is 300 Å². The van der Waals surface area contributed by atoms with Crippen LogP contribution in [0.3, 0.4) is 0 Å². The van der Waals surface area contributed by atoms with E-state index in [1.54, 1.807) is 0 Å².